The highest BCUT2D eigenvalue weighted by Gasteiger charge is 2.32. The van der Waals surface area contributed by atoms with E-state index in [9.17, 15) is 4.79 Å². The lowest BCUT2D eigenvalue weighted by atomic mass is 9.81. The van der Waals surface area contributed by atoms with Gasteiger partial charge in [-0.1, -0.05) is 12.1 Å². The summed E-state index contributed by atoms with van der Waals surface area (Å²) in [5.41, 5.74) is 9.05. The third-order valence-electron chi connectivity index (χ3n) is 6.23. The predicted octanol–water partition coefficient (Wildman–Crippen LogP) is 3.78. The Morgan fingerprint density at radius 1 is 1.27 bits per heavy atom. The molecule has 0 bridgehead atoms. The van der Waals surface area contributed by atoms with Crippen LogP contribution < -0.4 is 10.5 Å². The van der Waals surface area contributed by atoms with Crippen LogP contribution in [0.4, 0.5) is 5.82 Å². The predicted molar refractivity (Wildman–Crippen MR) is 114 cm³/mol. The molecule has 30 heavy (non-hydrogen) atoms. The van der Waals surface area contributed by atoms with Crippen LogP contribution in [0.25, 0.3) is 22.2 Å². The number of hydrogen-bond acceptors (Lipinski definition) is 6. The topological polar surface area (TPSA) is 92.3 Å². The zero-order valence-electron chi connectivity index (χ0n) is 16.9. The zero-order valence-corrected chi connectivity index (χ0v) is 16.9. The average molecular weight is 406 g/mol. The smallest absolute Gasteiger partial charge is 0.146 e. The molecule has 0 radical (unpaired) electrons. The molecule has 7 nitrogen and oxygen atoms in total. The summed E-state index contributed by atoms with van der Waals surface area (Å²) in [4.78, 5) is 19.8. The van der Waals surface area contributed by atoms with Gasteiger partial charge in [0.2, 0.25) is 0 Å². The summed E-state index contributed by atoms with van der Waals surface area (Å²) in [6.07, 6.45) is 9.84. The molecule has 1 saturated heterocycles. The lowest BCUT2D eigenvalue weighted by molar-refractivity contribution is -0.114. The quantitative estimate of drug-likeness (QED) is 0.627. The fourth-order valence-electron chi connectivity index (χ4n) is 4.46. The third kappa shape index (κ3) is 3.54. The van der Waals surface area contributed by atoms with Gasteiger partial charge in [0, 0.05) is 30.3 Å². The molecule has 5 rings (SSSR count). The van der Waals surface area contributed by atoms with Gasteiger partial charge in [0.15, 0.2) is 0 Å². The number of aldehydes is 1. The molecule has 3 aromatic rings. The van der Waals surface area contributed by atoms with Crippen LogP contribution in [-0.4, -0.2) is 40.1 Å². The van der Waals surface area contributed by atoms with Crippen molar-refractivity contribution in [2.45, 2.75) is 44.2 Å². The summed E-state index contributed by atoms with van der Waals surface area (Å²) in [5.74, 6) is 1.40. The van der Waals surface area contributed by atoms with E-state index < -0.39 is 0 Å². The summed E-state index contributed by atoms with van der Waals surface area (Å²) in [5, 5.41) is 0.847. The van der Waals surface area contributed by atoms with E-state index in [1.165, 1.54) is 12.7 Å². The highest BCUT2D eigenvalue weighted by atomic mass is 16.5. The molecule has 1 atom stereocenters. The second kappa shape index (κ2) is 8.07. The van der Waals surface area contributed by atoms with E-state index in [1.54, 1.807) is 0 Å². The number of fused-ring (bicyclic) bond motifs is 1. The molecule has 1 aromatic carbocycles. The number of nitrogens with zero attached hydrogens (tertiary/aromatic N) is 3. The van der Waals surface area contributed by atoms with Crippen molar-refractivity contribution < 1.29 is 14.3 Å². The largest absolute Gasteiger partial charge is 0.491 e. The molecule has 1 saturated carbocycles. The van der Waals surface area contributed by atoms with Gasteiger partial charge in [-0.3, -0.25) is 0 Å². The maximum Gasteiger partial charge on any atom is 0.146 e. The van der Waals surface area contributed by atoms with Crippen LogP contribution in [0.15, 0.2) is 36.8 Å². The van der Waals surface area contributed by atoms with Crippen molar-refractivity contribution in [2.24, 2.45) is 5.92 Å². The number of nitrogens with two attached hydrogens (primary N) is 1. The Labute approximate surface area is 175 Å². The minimum atomic E-state index is 0.133. The van der Waals surface area contributed by atoms with Gasteiger partial charge in [0.1, 0.15) is 36.4 Å². The number of benzene rings is 1. The Morgan fingerprint density at radius 2 is 2.17 bits per heavy atom. The summed E-state index contributed by atoms with van der Waals surface area (Å²) in [6.45, 7) is 1.38. The fraction of sp³-hybridized carbons (Fsp3) is 0.435. The number of aromatic nitrogens is 3. The van der Waals surface area contributed by atoms with E-state index in [0.29, 0.717) is 12.4 Å². The van der Waals surface area contributed by atoms with Crippen LogP contribution in [0.3, 0.4) is 0 Å². The van der Waals surface area contributed by atoms with Gasteiger partial charge in [0.25, 0.3) is 0 Å². The number of rotatable bonds is 6. The second-order valence-electron chi connectivity index (χ2n) is 8.26. The number of anilines is 1. The molecule has 3 heterocycles. The Hall–Kier alpha value is -2.93. The van der Waals surface area contributed by atoms with Crippen molar-refractivity contribution in [2.75, 3.05) is 18.9 Å². The van der Waals surface area contributed by atoms with E-state index in [0.717, 1.165) is 66.5 Å². The standard InChI is InChI=1S/C23H26N4O3/c24-22-21-20(11-27(23(21)26-14-25-22)17-8-15(9-17)12-28)16-4-3-6-18(10-16)30-13-19-5-1-2-7-29-19/h3-4,6,10-12,14-15,17,19H,1-2,5,7-9,13H2,(H2,24,25,26). The van der Waals surface area contributed by atoms with Crippen LogP contribution in [0.5, 0.6) is 5.75 Å². The van der Waals surface area contributed by atoms with Crippen molar-refractivity contribution in [3.63, 3.8) is 0 Å². The summed E-state index contributed by atoms with van der Waals surface area (Å²) in [6, 6.07) is 8.29. The van der Waals surface area contributed by atoms with E-state index in [-0.39, 0.29) is 18.1 Å². The summed E-state index contributed by atoms with van der Waals surface area (Å²) < 4.78 is 13.9. The summed E-state index contributed by atoms with van der Waals surface area (Å²) >= 11 is 0. The first-order chi connectivity index (χ1) is 14.7. The molecular formula is C23H26N4O3. The number of carbonyl (C=O) groups excluding carboxylic acids is 1. The fourth-order valence-corrected chi connectivity index (χ4v) is 4.46. The molecule has 7 heteroatoms. The van der Waals surface area contributed by atoms with Crippen LogP contribution in [0.2, 0.25) is 0 Å². The number of carbonyl (C=O) groups is 1. The molecule has 2 aliphatic rings. The molecule has 1 aliphatic carbocycles. The first-order valence-electron chi connectivity index (χ1n) is 10.6. The molecule has 2 fully saturated rings. The minimum absolute atomic E-state index is 0.133. The van der Waals surface area contributed by atoms with Crippen LogP contribution in [0, 0.1) is 5.92 Å². The normalized spacial score (nSPS) is 23.8. The van der Waals surface area contributed by atoms with Crippen LogP contribution >= 0.6 is 0 Å². The number of ether oxygens (including phenoxy) is 2. The zero-order chi connectivity index (χ0) is 20.5. The molecule has 1 aliphatic heterocycles. The van der Waals surface area contributed by atoms with Crippen molar-refractivity contribution in [3.8, 4) is 16.9 Å². The minimum Gasteiger partial charge on any atom is -0.491 e. The second-order valence-corrected chi connectivity index (χ2v) is 8.26. The van der Waals surface area contributed by atoms with Gasteiger partial charge in [-0.05, 0) is 49.8 Å². The summed E-state index contributed by atoms with van der Waals surface area (Å²) in [7, 11) is 0. The van der Waals surface area contributed by atoms with Crippen molar-refractivity contribution in [1.29, 1.82) is 0 Å². The lowest BCUT2D eigenvalue weighted by Crippen LogP contribution is -2.27. The Bertz CT molecular complexity index is 1050. The Balaban J connectivity index is 1.45. The highest BCUT2D eigenvalue weighted by Crippen LogP contribution is 2.42. The van der Waals surface area contributed by atoms with E-state index >= 15 is 0 Å². The van der Waals surface area contributed by atoms with Gasteiger partial charge < -0.3 is 24.6 Å². The molecular weight excluding hydrogens is 380 g/mol. The van der Waals surface area contributed by atoms with Crippen LogP contribution in [0.1, 0.15) is 38.1 Å². The molecule has 2 N–H and O–H groups in total. The molecule has 2 aromatic heterocycles. The first-order valence-corrected chi connectivity index (χ1v) is 10.6. The molecule has 0 amide bonds. The van der Waals surface area contributed by atoms with Gasteiger partial charge in [-0.25, -0.2) is 9.97 Å². The Kier molecular flexibility index (Phi) is 5.12. The van der Waals surface area contributed by atoms with E-state index in [4.69, 9.17) is 15.2 Å². The van der Waals surface area contributed by atoms with Gasteiger partial charge in [-0.2, -0.15) is 0 Å². The van der Waals surface area contributed by atoms with E-state index in [1.807, 2.05) is 24.3 Å². The van der Waals surface area contributed by atoms with Gasteiger partial charge in [-0.15, -0.1) is 0 Å². The maximum absolute atomic E-state index is 11.0. The maximum atomic E-state index is 11.0. The number of nitrogen functional groups attached to an aromatic ring is 1. The molecule has 0 spiro atoms. The monoisotopic (exact) mass is 406 g/mol. The number of hydrogen-bond donors (Lipinski definition) is 1. The highest BCUT2D eigenvalue weighted by molar-refractivity contribution is 6.00. The van der Waals surface area contributed by atoms with Crippen molar-refractivity contribution in [3.05, 3.63) is 36.8 Å². The van der Waals surface area contributed by atoms with E-state index in [2.05, 4.69) is 20.7 Å². The molecule has 1 unspecified atom stereocenters. The van der Waals surface area contributed by atoms with Crippen molar-refractivity contribution >= 4 is 23.1 Å². The third-order valence-corrected chi connectivity index (χ3v) is 6.23. The molecule has 156 valence electrons. The lowest BCUT2D eigenvalue weighted by Gasteiger charge is -2.33. The van der Waals surface area contributed by atoms with Gasteiger partial charge >= 0.3 is 0 Å². The van der Waals surface area contributed by atoms with Gasteiger partial charge in [0.05, 0.1) is 11.5 Å². The van der Waals surface area contributed by atoms with Crippen molar-refractivity contribution in [1.82, 2.24) is 14.5 Å². The average Bonchev–Trinajstić information content (AvgIpc) is 3.13. The first kappa shape index (κ1) is 19.1. The SMILES string of the molecule is Nc1ncnc2c1c(-c1cccc(OCC3CCCCO3)c1)cn2C1CC(C=O)C1. The Morgan fingerprint density at radius 3 is 2.97 bits per heavy atom. The van der Waals surface area contributed by atoms with Crippen LogP contribution in [-0.2, 0) is 9.53 Å².